The maximum Gasteiger partial charge on any atom is 0.128 e. The van der Waals surface area contributed by atoms with Crippen molar-refractivity contribution in [2.75, 3.05) is 18.0 Å². The van der Waals surface area contributed by atoms with Crippen molar-refractivity contribution in [1.82, 2.24) is 4.98 Å². The summed E-state index contributed by atoms with van der Waals surface area (Å²) in [7, 11) is 0. The molecular weight excluding hydrogens is 198 g/mol. The van der Waals surface area contributed by atoms with Crippen molar-refractivity contribution >= 4 is 5.82 Å². The molecule has 1 aliphatic rings. The number of anilines is 1. The third-order valence-corrected chi connectivity index (χ3v) is 3.23. The van der Waals surface area contributed by atoms with Crippen LogP contribution in [-0.4, -0.2) is 18.1 Å². The zero-order valence-corrected chi connectivity index (χ0v) is 10.0. The second-order valence-corrected chi connectivity index (χ2v) is 4.64. The molecule has 1 aromatic heterocycles. The molecule has 2 rings (SSSR count). The molecule has 1 aromatic rings. The molecule has 0 saturated carbocycles. The summed E-state index contributed by atoms with van der Waals surface area (Å²) in [6, 6.07) is 4.23. The number of nitrogens with two attached hydrogens (primary N) is 1. The topological polar surface area (TPSA) is 42.1 Å². The molecule has 0 amide bonds. The molecule has 0 bridgehead atoms. The minimum Gasteiger partial charge on any atom is -0.357 e. The fourth-order valence-corrected chi connectivity index (χ4v) is 2.19. The van der Waals surface area contributed by atoms with Gasteiger partial charge in [0.05, 0.1) is 0 Å². The summed E-state index contributed by atoms with van der Waals surface area (Å²) in [6.45, 7) is 4.28. The van der Waals surface area contributed by atoms with Gasteiger partial charge in [0.2, 0.25) is 0 Å². The second-order valence-electron chi connectivity index (χ2n) is 4.64. The fourth-order valence-electron chi connectivity index (χ4n) is 2.19. The molecule has 3 heteroatoms. The Hall–Kier alpha value is -1.09. The van der Waals surface area contributed by atoms with Crippen molar-refractivity contribution < 1.29 is 0 Å². The van der Waals surface area contributed by atoms with E-state index in [1.807, 2.05) is 19.2 Å². The third kappa shape index (κ3) is 2.73. The number of aromatic nitrogens is 1. The highest BCUT2D eigenvalue weighted by atomic mass is 15.2. The molecule has 1 aliphatic heterocycles. The van der Waals surface area contributed by atoms with Gasteiger partial charge in [-0.15, -0.1) is 0 Å². The normalized spacial score (nSPS) is 19.2. The van der Waals surface area contributed by atoms with E-state index in [1.54, 1.807) is 0 Å². The Bertz CT molecular complexity index is 328. The van der Waals surface area contributed by atoms with Crippen LogP contribution in [0.2, 0.25) is 0 Å². The first-order valence-corrected chi connectivity index (χ1v) is 6.24. The molecule has 0 spiro atoms. The molecule has 0 aliphatic carbocycles. The number of hydrogen-bond donors (Lipinski definition) is 1. The van der Waals surface area contributed by atoms with E-state index in [-0.39, 0.29) is 6.04 Å². The monoisotopic (exact) mass is 219 g/mol. The Morgan fingerprint density at radius 3 is 2.56 bits per heavy atom. The van der Waals surface area contributed by atoms with Gasteiger partial charge in [0.1, 0.15) is 5.82 Å². The van der Waals surface area contributed by atoms with E-state index in [9.17, 15) is 0 Å². The molecule has 1 saturated heterocycles. The zero-order valence-electron chi connectivity index (χ0n) is 10.0. The summed E-state index contributed by atoms with van der Waals surface area (Å²) in [5.41, 5.74) is 7.07. The van der Waals surface area contributed by atoms with E-state index < -0.39 is 0 Å². The van der Waals surface area contributed by atoms with E-state index in [0.29, 0.717) is 0 Å². The van der Waals surface area contributed by atoms with Crippen molar-refractivity contribution in [3.63, 3.8) is 0 Å². The SMILES string of the molecule is C[C@@H](N)c1ccnc(N2CCCCCC2)c1. The summed E-state index contributed by atoms with van der Waals surface area (Å²) >= 11 is 0. The van der Waals surface area contributed by atoms with Crippen LogP contribution in [-0.2, 0) is 0 Å². The lowest BCUT2D eigenvalue weighted by Gasteiger charge is -2.22. The van der Waals surface area contributed by atoms with Gasteiger partial charge in [0, 0.05) is 25.3 Å². The maximum absolute atomic E-state index is 5.90. The largest absolute Gasteiger partial charge is 0.357 e. The van der Waals surface area contributed by atoms with E-state index in [2.05, 4.69) is 16.0 Å². The van der Waals surface area contributed by atoms with E-state index in [1.165, 1.54) is 31.2 Å². The van der Waals surface area contributed by atoms with Crippen molar-refractivity contribution in [3.8, 4) is 0 Å². The first-order chi connectivity index (χ1) is 7.77. The maximum atomic E-state index is 5.90. The van der Waals surface area contributed by atoms with Crippen LogP contribution in [0.3, 0.4) is 0 Å². The van der Waals surface area contributed by atoms with E-state index in [4.69, 9.17) is 5.73 Å². The highest BCUT2D eigenvalue weighted by molar-refractivity contribution is 5.41. The highest BCUT2D eigenvalue weighted by Crippen LogP contribution is 2.20. The third-order valence-electron chi connectivity index (χ3n) is 3.23. The molecule has 2 N–H and O–H groups in total. The van der Waals surface area contributed by atoms with Gasteiger partial charge >= 0.3 is 0 Å². The summed E-state index contributed by atoms with van der Waals surface area (Å²) in [4.78, 5) is 6.85. The fraction of sp³-hybridized carbons (Fsp3) is 0.615. The Morgan fingerprint density at radius 1 is 1.25 bits per heavy atom. The summed E-state index contributed by atoms with van der Waals surface area (Å²) in [5, 5.41) is 0. The first-order valence-electron chi connectivity index (χ1n) is 6.24. The van der Waals surface area contributed by atoms with Gasteiger partial charge in [-0.3, -0.25) is 0 Å². The van der Waals surface area contributed by atoms with Crippen LogP contribution < -0.4 is 10.6 Å². The van der Waals surface area contributed by atoms with Crippen LogP contribution in [0.1, 0.15) is 44.2 Å². The Balaban J connectivity index is 2.15. The number of rotatable bonds is 2. The molecule has 0 radical (unpaired) electrons. The van der Waals surface area contributed by atoms with Crippen LogP contribution in [0, 0.1) is 0 Å². The average molecular weight is 219 g/mol. The van der Waals surface area contributed by atoms with Crippen LogP contribution in [0.4, 0.5) is 5.82 Å². The number of nitrogens with zero attached hydrogens (tertiary/aromatic N) is 2. The quantitative estimate of drug-likeness (QED) is 0.831. The summed E-state index contributed by atoms with van der Waals surface area (Å²) in [5.74, 6) is 1.09. The van der Waals surface area contributed by atoms with Crippen molar-refractivity contribution in [2.45, 2.75) is 38.6 Å². The van der Waals surface area contributed by atoms with Gasteiger partial charge in [0.25, 0.3) is 0 Å². The lowest BCUT2D eigenvalue weighted by Crippen LogP contribution is -2.25. The first kappa shape index (κ1) is 11.4. The van der Waals surface area contributed by atoms with Gasteiger partial charge in [0.15, 0.2) is 0 Å². The van der Waals surface area contributed by atoms with E-state index >= 15 is 0 Å². The lowest BCUT2D eigenvalue weighted by atomic mass is 10.1. The minimum absolute atomic E-state index is 0.0914. The second kappa shape index (κ2) is 5.30. The molecular formula is C13H21N3. The van der Waals surface area contributed by atoms with Gasteiger partial charge in [-0.1, -0.05) is 12.8 Å². The van der Waals surface area contributed by atoms with E-state index in [0.717, 1.165) is 18.9 Å². The number of pyridine rings is 1. The molecule has 3 nitrogen and oxygen atoms in total. The van der Waals surface area contributed by atoms with Crippen molar-refractivity contribution in [3.05, 3.63) is 23.9 Å². The smallest absolute Gasteiger partial charge is 0.128 e. The summed E-state index contributed by atoms with van der Waals surface area (Å²) < 4.78 is 0. The molecule has 1 atom stereocenters. The standard InChI is InChI=1S/C13H21N3/c1-11(14)12-6-7-15-13(10-12)16-8-4-2-3-5-9-16/h6-7,10-11H,2-5,8-9,14H2,1H3/t11-/m1/s1. The Morgan fingerprint density at radius 2 is 1.94 bits per heavy atom. The molecule has 0 aromatic carbocycles. The van der Waals surface area contributed by atoms with Crippen LogP contribution in [0.15, 0.2) is 18.3 Å². The van der Waals surface area contributed by atoms with Crippen molar-refractivity contribution in [1.29, 1.82) is 0 Å². The van der Waals surface area contributed by atoms with Gasteiger partial charge in [-0.25, -0.2) is 4.98 Å². The predicted molar refractivity (Wildman–Crippen MR) is 67.5 cm³/mol. The minimum atomic E-state index is 0.0914. The van der Waals surface area contributed by atoms with Crippen LogP contribution in [0.5, 0.6) is 0 Å². The van der Waals surface area contributed by atoms with Crippen LogP contribution in [0.25, 0.3) is 0 Å². The molecule has 2 heterocycles. The highest BCUT2D eigenvalue weighted by Gasteiger charge is 2.11. The molecule has 16 heavy (non-hydrogen) atoms. The zero-order chi connectivity index (χ0) is 11.4. The molecule has 0 unspecified atom stereocenters. The molecule has 1 fully saturated rings. The van der Waals surface area contributed by atoms with Crippen LogP contribution >= 0.6 is 0 Å². The average Bonchev–Trinajstić information content (AvgIpc) is 2.57. The van der Waals surface area contributed by atoms with Gasteiger partial charge in [-0.05, 0) is 37.5 Å². The Kier molecular flexibility index (Phi) is 3.78. The number of hydrogen-bond acceptors (Lipinski definition) is 3. The molecule has 88 valence electrons. The van der Waals surface area contributed by atoms with Gasteiger partial charge in [-0.2, -0.15) is 0 Å². The summed E-state index contributed by atoms with van der Waals surface area (Å²) in [6.07, 6.45) is 7.14. The van der Waals surface area contributed by atoms with Gasteiger partial charge < -0.3 is 10.6 Å². The lowest BCUT2D eigenvalue weighted by molar-refractivity contribution is 0.726. The van der Waals surface area contributed by atoms with Crippen molar-refractivity contribution in [2.24, 2.45) is 5.73 Å². The predicted octanol–water partition coefficient (Wildman–Crippen LogP) is 2.48. The Labute approximate surface area is 97.7 Å².